The van der Waals surface area contributed by atoms with Crippen molar-refractivity contribution in [2.75, 3.05) is 32.8 Å². The molecule has 2 aliphatic rings. The van der Waals surface area contributed by atoms with Crippen LogP contribution in [0.1, 0.15) is 6.92 Å². The smallest absolute Gasteiger partial charge is 0.111 e. The minimum absolute atomic E-state index is 0.234. The van der Waals surface area contributed by atoms with Gasteiger partial charge in [0, 0.05) is 19.6 Å². The van der Waals surface area contributed by atoms with E-state index >= 15 is 0 Å². The molecule has 4 heteroatoms. The average molecular weight is 225 g/mol. The maximum Gasteiger partial charge on any atom is 0.111 e. The summed E-state index contributed by atoms with van der Waals surface area (Å²) in [6, 6.07) is 0. The minimum Gasteiger partial charge on any atom is -0.508 e. The second-order valence-electron chi connectivity index (χ2n) is 4.15. The highest BCUT2D eigenvalue weighted by Crippen LogP contribution is 2.19. The Balaban J connectivity index is 1.78. The molecule has 2 atom stereocenters. The Labute approximate surface area is 96.1 Å². The predicted octanol–water partition coefficient (Wildman–Crippen LogP) is 1.10. The summed E-state index contributed by atoms with van der Waals surface area (Å²) in [5.41, 5.74) is 0. The molecule has 0 saturated carbocycles. The van der Waals surface area contributed by atoms with Gasteiger partial charge >= 0.3 is 0 Å². The molecule has 2 heterocycles. The van der Waals surface area contributed by atoms with E-state index in [4.69, 9.17) is 9.47 Å². The van der Waals surface area contributed by atoms with Crippen LogP contribution < -0.4 is 0 Å². The largest absolute Gasteiger partial charge is 0.508 e. The van der Waals surface area contributed by atoms with Crippen LogP contribution in [0.4, 0.5) is 0 Å². The van der Waals surface area contributed by atoms with Crippen molar-refractivity contribution in [3.8, 4) is 0 Å². The highest BCUT2D eigenvalue weighted by Gasteiger charge is 2.35. The van der Waals surface area contributed by atoms with Gasteiger partial charge in [0.15, 0.2) is 0 Å². The number of hydrogen-bond donors (Lipinski definition) is 1. The lowest BCUT2D eigenvalue weighted by atomic mass is 10.2. The Morgan fingerprint density at radius 1 is 1.31 bits per heavy atom. The summed E-state index contributed by atoms with van der Waals surface area (Å²) >= 11 is 0. The number of aliphatic hydroxyl groups excluding tert-OH is 1. The number of allylic oxidation sites excluding steroid dienone is 2. The fraction of sp³-hybridized carbons (Fsp3) is 0.667. The second kappa shape index (κ2) is 5.48. The molecule has 0 unspecified atom stereocenters. The summed E-state index contributed by atoms with van der Waals surface area (Å²) < 4.78 is 11.3. The van der Waals surface area contributed by atoms with Gasteiger partial charge in [0.2, 0.25) is 0 Å². The third-order valence-electron chi connectivity index (χ3n) is 2.99. The predicted molar refractivity (Wildman–Crippen MR) is 61.4 cm³/mol. The van der Waals surface area contributed by atoms with Crippen molar-refractivity contribution in [2.24, 2.45) is 0 Å². The molecular weight excluding hydrogens is 206 g/mol. The standard InChI is InChI=1S/C12H19NO3/c1-2-10(14)4-3-5-13-8-11-12(9-13)16-7-6-15-11/h2-4,11-12,14H,5-9H2,1H3/b4-3+,10-2+/t11-,12+. The van der Waals surface area contributed by atoms with Crippen molar-refractivity contribution in [1.29, 1.82) is 0 Å². The van der Waals surface area contributed by atoms with E-state index in [1.54, 1.807) is 12.2 Å². The SMILES string of the molecule is C/C=C(O)\C=C\CN1C[C@@H]2OCCO[C@@H]2C1. The van der Waals surface area contributed by atoms with Gasteiger partial charge in [-0.25, -0.2) is 0 Å². The van der Waals surface area contributed by atoms with Gasteiger partial charge in [-0.15, -0.1) is 0 Å². The van der Waals surface area contributed by atoms with E-state index in [1.165, 1.54) is 0 Å². The molecule has 4 nitrogen and oxygen atoms in total. The Hall–Kier alpha value is -0.840. The van der Waals surface area contributed by atoms with Gasteiger partial charge in [-0.2, -0.15) is 0 Å². The summed E-state index contributed by atoms with van der Waals surface area (Å²) in [5.74, 6) is 0.309. The normalized spacial score (nSPS) is 32.2. The molecule has 2 fully saturated rings. The van der Waals surface area contributed by atoms with E-state index in [2.05, 4.69) is 4.90 Å². The Morgan fingerprint density at radius 3 is 2.50 bits per heavy atom. The van der Waals surface area contributed by atoms with Crippen LogP contribution in [0.25, 0.3) is 0 Å². The zero-order chi connectivity index (χ0) is 11.4. The van der Waals surface area contributed by atoms with E-state index in [-0.39, 0.29) is 12.2 Å². The van der Waals surface area contributed by atoms with Gasteiger partial charge in [0.25, 0.3) is 0 Å². The number of aliphatic hydroxyl groups is 1. The number of rotatable bonds is 3. The van der Waals surface area contributed by atoms with Crippen LogP contribution in [0.15, 0.2) is 24.0 Å². The van der Waals surface area contributed by atoms with Crippen molar-refractivity contribution in [2.45, 2.75) is 19.1 Å². The van der Waals surface area contributed by atoms with Gasteiger partial charge < -0.3 is 14.6 Å². The third kappa shape index (κ3) is 2.84. The van der Waals surface area contributed by atoms with Crippen molar-refractivity contribution < 1.29 is 14.6 Å². The lowest BCUT2D eigenvalue weighted by molar-refractivity contribution is -0.116. The fourth-order valence-corrected chi connectivity index (χ4v) is 2.11. The average Bonchev–Trinajstić information content (AvgIpc) is 2.71. The lowest BCUT2D eigenvalue weighted by Gasteiger charge is -2.24. The maximum absolute atomic E-state index is 9.24. The maximum atomic E-state index is 9.24. The first-order valence-corrected chi connectivity index (χ1v) is 5.77. The third-order valence-corrected chi connectivity index (χ3v) is 2.99. The molecule has 0 bridgehead atoms. The van der Waals surface area contributed by atoms with E-state index < -0.39 is 0 Å². The van der Waals surface area contributed by atoms with Gasteiger partial charge in [-0.05, 0) is 19.1 Å². The number of likely N-dealkylation sites (tertiary alicyclic amines) is 1. The highest BCUT2D eigenvalue weighted by molar-refractivity contribution is 5.09. The highest BCUT2D eigenvalue weighted by atomic mass is 16.6. The van der Waals surface area contributed by atoms with Crippen molar-refractivity contribution in [1.82, 2.24) is 4.90 Å². The molecule has 90 valence electrons. The molecule has 2 aliphatic heterocycles. The van der Waals surface area contributed by atoms with Crippen LogP contribution in [0, 0.1) is 0 Å². The Kier molecular flexibility index (Phi) is 3.98. The van der Waals surface area contributed by atoms with Crippen molar-refractivity contribution in [3.05, 3.63) is 24.0 Å². The lowest BCUT2D eigenvalue weighted by Crippen LogP contribution is -2.36. The minimum atomic E-state index is 0.234. The molecule has 0 amide bonds. The first kappa shape index (κ1) is 11.6. The van der Waals surface area contributed by atoms with Gasteiger partial charge in [-0.1, -0.05) is 6.08 Å². The van der Waals surface area contributed by atoms with Gasteiger partial charge in [0.05, 0.1) is 25.4 Å². The van der Waals surface area contributed by atoms with Gasteiger partial charge in [0.1, 0.15) is 5.76 Å². The topological polar surface area (TPSA) is 41.9 Å². The summed E-state index contributed by atoms with van der Waals surface area (Å²) in [6.45, 7) is 5.91. The quantitative estimate of drug-likeness (QED) is 0.577. The summed E-state index contributed by atoms with van der Waals surface area (Å²) in [5, 5.41) is 9.24. The van der Waals surface area contributed by atoms with E-state index in [0.29, 0.717) is 19.0 Å². The molecule has 0 aromatic carbocycles. The number of nitrogens with zero attached hydrogens (tertiary/aromatic N) is 1. The first-order chi connectivity index (χ1) is 7.79. The van der Waals surface area contributed by atoms with Crippen LogP contribution >= 0.6 is 0 Å². The number of ether oxygens (including phenoxy) is 2. The fourth-order valence-electron chi connectivity index (χ4n) is 2.11. The molecular formula is C12H19NO3. The van der Waals surface area contributed by atoms with Crippen LogP contribution in [0.3, 0.4) is 0 Å². The molecule has 16 heavy (non-hydrogen) atoms. The van der Waals surface area contributed by atoms with Crippen LogP contribution in [-0.4, -0.2) is 55.1 Å². The van der Waals surface area contributed by atoms with Crippen LogP contribution in [-0.2, 0) is 9.47 Å². The van der Waals surface area contributed by atoms with E-state index in [1.807, 2.05) is 13.0 Å². The Morgan fingerprint density at radius 2 is 1.94 bits per heavy atom. The zero-order valence-corrected chi connectivity index (χ0v) is 9.63. The first-order valence-electron chi connectivity index (χ1n) is 5.77. The molecule has 0 radical (unpaired) electrons. The molecule has 2 saturated heterocycles. The zero-order valence-electron chi connectivity index (χ0n) is 9.63. The molecule has 2 rings (SSSR count). The second-order valence-corrected chi connectivity index (χ2v) is 4.15. The van der Waals surface area contributed by atoms with Crippen LogP contribution in [0.5, 0.6) is 0 Å². The summed E-state index contributed by atoms with van der Waals surface area (Å²) in [6.07, 6.45) is 5.83. The van der Waals surface area contributed by atoms with E-state index in [9.17, 15) is 5.11 Å². The van der Waals surface area contributed by atoms with Gasteiger partial charge in [-0.3, -0.25) is 4.90 Å². The molecule has 0 aliphatic carbocycles. The summed E-state index contributed by atoms with van der Waals surface area (Å²) in [7, 11) is 0. The molecule has 0 aromatic rings. The molecule has 1 N–H and O–H groups in total. The number of hydrogen-bond acceptors (Lipinski definition) is 4. The summed E-state index contributed by atoms with van der Waals surface area (Å²) in [4.78, 5) is 2.28. The molecule has 0 spiro atoms. The van der Waals surface area contributed by atoms with Crippen molar-refractivity contribution in [3.63, 3.8) is 0 Å². The monoisotopic (exact) mass is 225 g/mol. The van der Waals surface area contributed by atoms with Crippen LogP contribution in [0.2, 0.25) is 0 Å². The van der Waals surface area contributed by atoms with Crippen molar-refractivity contribution >= 4 is 0 Å². The van der Waals surface area contributed by atoms with E-state index in [0.717, 1.165) is 19.6 Å². The Bertz CT molecular complexity index is 274. The molecule has 0 aromatic heterocycles. The number of fused-ring (bicyclic) bond motifs is 1.